The van der Waals surface area contributed by atoms with Crippen LogP contribution in [-0.4, -0.2) is 78.3 Å². The van der Waals surface area contributed by atoms with E-state index >= 15 is 0 Å². The number of carbonyl (C=O) groups excluding carboxylic acids is 2. The largest absolute Gasteiger partial charge is 0.393 e. The standard InChI is InChI=1S/C28H40N4O3/c1-19-5-2-3-7-24(19)30-9-11-31(12-10-30)27(35)32-8-4-6-23(18-32)29-26(34)28-15-20-13-21(16-28)25(33)22(14-20)17-28/h2-3,5,7,20-23,25,33H,4,6,8-18H2,1H3,(H,29,34)/t20?,21?,22?,23-,25?,28?/m0/s1. The Labute approximate surface area is 208 Å². The van der Waals surface area contributed by atoms with Crippen molar-refractivity contribution in [3.8, 4) is 0 Å². The van der Waals surface area contributed by atoms with E-state index < -0.39 is 0 Å². The summed E-state index contributed by atoms with van der Waals surface area (Å²) in [5, 5.41) is 13.9. The number of hydrogen-bond acceptors (Lipinski definition) is 4. The number of rotatable bonds is 3. The molecule has 7 nitrogen and oxygen atoms in total. The molecular formula is C28H40N4O3. The number of piperidine rings is 1. The van der Waals surface area contributed by atoms with Crippen LogP contribution >= 0.6 is 0 Å². The molecule has 4 aliphatic carbocycles. The van der Waals surface area contributed by atoms with Crippen LogP contribution in [-0.2, 0) is 4.79 Å². The molecule has 3 atom stereocenters. The van der Waals surface area contributed by atoms with Crippen LogP contribution in [0.25, 0.3) is 0 Å². The molecule has 1 aromatic carbocycles. The highest BCUT2D eigenvalue weighted by Crippen LogP contribution is 2.60. The summed E-state index contributed by atoms with van der Waals surface area (Å²) in [6, 6.07) is 8.60. The molecule has 7 heteroatoms. The van der Waals surface area contributed by atoms with Crippen LogP contribution < -0.4 is 10.2 Å². The zero-order valence-electron chi connectivity index (χ0n) is 21.0. The van der Waals surface area contributed by atoms with Crippen molar-refractivity contribution >= 4 is 17.6 Å². The van der Waals surface area contributed by atoms with Gasteiger partial charge < -0.3 is 25.1 Å². The Balaban J connectivity index is 1.04. The quantitative estimate of drug-likeness (QED) is 0.697. The van der Waals surface area contributed by atoms with Gasteiger partial charge >= 0.3 is 6.03 Å². The lowest BCUT2D eigenvalue weighted by molar-refractivity contribution is -0.163. The van der Waals surface area contributed by atoms with E-state index in [1.54, 1.807) is 0 Å². The lowest BCUT2D eigenvalue weighted by Gasteiger charge is -2.58. The third-order valence-electron chi connectivity index (χ3n) is 9.74. The molecule has 4 bridgehead atoms. The van der Waals surface area contributed by atoms with Gasteiger partial charge in [-0.05, 0) is 81.3 Å². The predicted octanol–water partition coefficient (Wildman–Crippen LogP) is 3.00. The first-order valence-electron chi connectivity index (χ1n) is 13.8. The van der Waals surface area contributed by atoms with Gasteiger partial charge in [-0.3, -0.25) is 4.79 Å². The van der Waals surface area contributed by atoms with Crippen molar-refractivity contribution in [1.82, 2.24) is 15.1 Å². The van der Waals surface area contributed by atoms with Gasteiger partial charge in [0.05, 0.1) is 11.5 Å². The van der Waals surface area contributed by atoms with Crippen molar-refractivity contribution < 1.29 is 14.7 Å². The third-order valence-corrected chi connectivity index (χ3v) is 9.74. The van der Waals surface area contributed by atoms with E-state index in [2.05, 4.69) is 41.4 Å². The normalized spacial score (nSPS) is 36.4. The van der Waals surface area contributed by atoms with Gasteiger partial charge in [-0.2, -0.15) is 0 Å². The zero-order valence-corrected chi connectivity index (χ0v) is 21.0. The summed E-state index contributed by atoms with van der Waals surface area (Å²) >= 11 is 0. The molecule has 2 unspecified atom stereocenters. The molecule has 2 aliphatic heterocycles. The number of nitrogens with zero attached hydrogens (tertiary/aromatic N) is 3. The van der Waals surface area contributed by atoms with Gasteiger partial charge in [-0.15, -0.1) is 0 Å². The number of aliphatic hydroxyl groups is 1. The van der Waals surface area contributed by atoms with Crippen LogP contribution in [0.4, 0.5) is 10.5 Å². The summed E-state index contributed by atoms with van der Waals surface area (Å²) in [6.45, 7) is 6.68. The number of piperazine rings is 1. The third kappa shape index (κ3) is 4.20. The number of nitrogens with one attached hydrogen (secondary N) is 1. The van der Waals surface area contributed by atoms with E-state index in [1.165, 1.54) is 11.3 Å². The zero-order chi connectivity index (χ0) is 24.2. The fourth-order valence-electron chi connectivity index (χ4n) is 8.14. The second-order valence-electron chi connectivity index (χ2n) is 12.0. The van der Waals surface area contributed by atoms with E-state index in [9.17, 15) is 14.7 Å². The van der Waals surface area contributed by atoms with Gasteiger partial charge in [0.2, 0.25) is 5.91 Å². The van der Waals surface area contributed by atoms with Crippen molar-refractivity contribution in [3.63, 3.8) is 0 Å². The van der Waals surface area contributed by atoms with Crippen LogP contribution in [0.2, 0.25) is 0 Å². The number of para-hydroxylation sites is 1. The highest BCUT2D eigenvalue weighted by atomic mass is 16.3. The second-order valence-corrected chi connectivity index (χ2v) is 12.0. The predicted molar refractivity (Wildman–Crippen MR) is 135 cm³/mol. The molecule has 0 spiro atoms. The number of carbonyl (C=O) groups is 2. The number of urea groups is 1. The van der Waals surface area contributed by atoms with Gasteiger partial charge in [0, 0.05) is 51.0 Å². The van der Waals surface area contributed by atoms with Gasteiger partial charge in [-0.1, -0.05) is 18.2 Å². The SMILES string of the molecule is Cc1ccccc1N1CCN(C(=O)N2CCC[C@H](NC(=O)C34CC5CC(C3)C(O)C(C5)C4)C2)CC1. The molecule has 6 aliphatic rings. The summed E-state index contributed by atoms with van der Waals surface area (Å²) in [4.78, 5) is 33.2. The minimum Gasteiger partial charge on any atom is -0.393 e. The summed E-state index contributed by atoms with van der Waals surface area (Å²) in [5.74, 6) is 1.39. The maximum Gasteiger partial charge on any atom is 0.320 e. The lowest BCUT2D eigenvalue weighted by atomic mass is 9.48. The highest BCUT2D eigenvalue weighted by Gasteiger charge is 2.58. The summed E-state index contributed by atoms with van der Waals surface area (Å²) < 4.78 is 0. The Kier molecular flexibility index (Phi) is 5.94. The highest BCUT2D eigenvalue weighted by molar-refractivity contribution is 5.83. The van der Waals surface area contributed by atoms with Gasteiger partial charge in [0.1, 0.15) is 0 Å². The number of amides is 3. The molecule has 7 rings (SSSR count). The van der Waals surface area contributed by atoms with E-state index in [0.29, 0.717) is 24.3 Å². The average molecular weight is 481 g/mol. The number of aryl methyl sites for hydroxylation is 1. The molecule has 6 fully saturated rings. The Morgan fingerprint density at radius 2 is 1.69 bits per heavy atom. The van der Waals surface area contributed by atoms with Gasteiger partial charge in [0.25, 0.3) is 0 Å². The van der Waals surface area contributed by atoms with E-state index in [0.717, 1.165) is 77.7 Å². The fraction of sp³-hybridized carbons (Fsp3) is 0.714. The summed E-state index contributed by atoms with van der Waals surface area (Å²) in [6.07, 6.45) is 6.51. The maximum absolute atomic E-state index is 13.5. The molecule has 3 amide bonds. The lowest BCUT2D eigenvalue weighted by Crippen LogP contribution is -2.61. The molecule has 190 valence electrons. The van der Waals surface area contributed by atoms with Crippen LogP contribution in [0, 0.1) is 30.1 Å². The van der Waals surface area contributed by atoms with Crippen molar-refractivity contribution in [3.05, 3.63) is 29.8 Å². The van der Waals surface area contributed by atoms with E-state index in [-0.39, 0.29) is 29.5 Å². The number of likely N-dealkylation sites (tertiary alicyclic amines) is 1. The molecule has 35 heavy (non-hydrogen) atoms. The number of anilines is 1. The van der Waals surface area contributed by atoms with Crippen LogP contribution in [0.5, 0.6) is 0 Å². The monoisotopic (exact) mass is 480 g/mol. The molecule has 2 N–H and O–H groups in total. The summed E-state index contributed by atoms with van der Waals surface area (Å²) in [7, 11) is 0. The number of hydrogen-bond donors (Lipinski definition) is 2. The minimum atomic E-state index is -0.284. The number of aliphatic hydroxyl groups excluding tert-OH is 1. The van der Waals surface area contributed by atoms with E-state index in [1.807, 2.05) is 9.80 Å². The Morgan fingerprint density at radius 1 is 0.971 bits per heavy atom. The molecule has 1 aromatic rings. The average Bonchev–Trinajstić information content (AvgIpc) is 2.87. The van der Waals surface area contributed by atoms with Crippen molar-refractivity contribution in [1.29, 1.82) is 0 Å². The van der Waals surface area contributed by atoms with E-state index in [4.69, 9.17) is 0 Å². The van der Waals surface area contributed by atoms with Crippen molar-refractivity contribution in [2.45, 2.75) is 64.0 Å². The van der Waals surface area contributed by atoms with Crippen LogP contribution in [0.1, 0.15) is 50.5 Å². The van der Waals surface area contributed by atoms with Gasteiger partial charge in [-0.25, -0.2) is 4.79 Å². The molecular weight excluding hydrogens is 440 g/mol. The topological polar surface area (TPSA) is 76.1 Å². The molecule has 4 saturated carbocycles. The number of benzene rings is 1. The molecule has 2 heterocycles. The first-order chi connectivity index (χ1) is 16.9. The summed E-state index contributed by atoms with van der Waals surface area (Å²) in [5.41, 5.74) is 2.25. The van der Waals surface area contributed by atoms with Crippen molar-refractivity contribution in [2.24, 2.45) is 23.2 Å². The first kappa shape index (κ1) is 23.1. The fourth-order valence-corrected chi connectivity index (χ4v) is 8.14. The first-order valence-corrected chi connectivity index (χ1v) is 13.8. The smallest absolute Gasteiger partial charge is 0.320 e. The Hall–Kier alpha value is -2.28. The van der Waals surface area contributed by atoms with Crippen molar-refractivity contribution in [2.75, 3.05) is 44.2 Å². The minimum absolute atomic E-state index is 0.0337. The van der Waals surface area contributed by atoms with Crippen LogP contribution in [0.15, 0.2) is 24.3 Å². The Bertz CT molecular complexity index is 959. The molecule has 0 radical (unpaired) electrons. The Morgan fingerprint density at radius 3 is 2.40 bits per heavy atom. The van der Waals surface area contributed by atoms with Gasteiger partial charge in [0.15, 0.2) is 0 Å². The molecule has 2 saturated heterocycles. The molecule has 0 aromatic heterocycles. The van der Waals surface area contributed by atoms with Crippen LogP contribution in [0.3, 0.4) is 0 Å². The second kappa shape index (κ2) is 8.99. The maximum atomic E-state index is 13.5.